The van der Waals surface area contributed by atoms with Gasteiger partial charge >= 0.3 is 0 Å². The number of thioether (sulfide) groups is 1. The maximum absolute atomic E-state index is 13.9. The van der Waals surface area contributed by atoms with Crippen molar-refractivity contribution in [2.24, 2.45) is 0 Å². The van der Waals surface area contributed by atoms with Crippen molar-refractivity contribution in [1.29, 1.82) is 0 Å². The third-order valence-electron chi connectivity index (χ3n) is 5.41. The predicted molar refractivity (Wildman–Crippen MR) is 132 cm³/mol. The molecule has 0 bridgehead atoms. The van der Waals surface area contributed by atoms with Gasteiger partial charge in [0.15, 0.2) is 11.5 Å². The van der Waals surface area contributed by atoms with Crippen LogP contribution in [0.25, 0.3) is 6.08 Å². The Morgan fingerprint density at radius 3 is 2.69 bits per heavy atom. The number of benzene rings is 2. The van der Waals surface area contributed by atoms with E-state index in [2.05, 4.69) is 15.9 Å². The molecule has 2 heterocycles. The molecule has 0 saturated carbocycles. The monoisotopic (exact) mass is 564 g/mol. The van der Waals surface area contributed by atoms with Gasteiger partial charge in [-0.3, -0.25) is 19.3 Å². The van der Waals surface area contributed by atoms with Gasteiger partial charge in [-0.15, -0.1) is 0 Å². The molecule has 0 N–H and O–H groups in total. The van der Waals surface area contributed by atoms with Crippen LogP contribution < -0.4 is 9.47 Å². The fraction of sp³-hybridized carbons (Fsp3) is 0.292. The summed E-state index contributed by atoms with van der Waals surface area (Å²) in [4.78, 5) is 40.5. The van der Waals surface area contributed by atoms with Gasteiger partial charge in [-0.05, 0) is 57.5 Å². The zero-order chi connectivity index (χ0) is 24.9. The van der Waals surface area contributed by atoms with Crippen molar-refractivity contribution >= 4 is 50.8 Å². The number of carbonyl (C=O) groups is 3. The average molecular weight is 565 g/mol. The summed E-state index contributed by atoms with van der Waals surface area (Å²) < 4.78 is 30.9. The van der Waals surface area contributed by atoms with E-state index in [-0.39, 0.29) is 29.8 Å². The molecule has 2 aliphatic rings. The van der Waals surface area contributed by atoms with Gasteiger partial charge in [0, 0.05) is 18.7 Å². The number of hydrogen-bond donors (Lipinski definition) is 0. The maximum Gasteiger partial charge on any atom is 0.294 e. The lowest BCUT2D eigenvalue weighted by Gasteiger charge is -2.28. The number of halogens is 2. The minimum Gasteiger partial charge on any atom is -0.493 e. The summed E-state index contributed by atoms with van der Waals surface area (Å²) in [5.41, 5.74) is 0.975. The van der Waals surface area contributed by atoms with Crippen LogP contribution in [0.3, 0.4) is 0 Å². The Balaban J connectivity index is 1.49. The summed E-state index contributed by atoms with van der Waals surface area (Å²) >= 11 is 4.21. The summed E-state index contributed by atoms with van der Waals surface area (Å²) in [6, 6.07) is 9.66. The van der Waals surface area contributed by atoms with E-state index in [9.17, 15) is 18.8 Å². The summed E-state index contributed by atoms with van der Waals surface area (Å²) in [5, 5.41) is -0.501. The first kappa shape index (κ1) is 25.2. The van der Waals surface area contributed by atoms with Crippen molar-refractivity contribution in [3.8, 4) is 11.5 Å². The maximum atomic E-state index is 13.9. The first-order valence-corrected chi connectivity index (χ1v) is 12.3. The molecule has 11 heteroatoms. The van der Waals surface area contributed by atoms with Crippen LogP contribution in [0.5, 0.6) is 11.5 Å². The molecule has 0 spiro atoms. The summed E-state index contributed by atoms with van der Waals surface area (Å²) in [6.07, 6.45) is 1.55. The van der Waals surface area contributed by atoms with E-state index in [1.54, 1.807) is 41.3 Å². The second kappa shape index (κ2) is 11.2. The van der Waals surface area contributed by atoms with Gasteiger partial charge < -0.3 is 19.1 Å². The lowest BCUT2D eigenvalue weighted by atomic mass is 10.1. The Labute approximate surface area is 214 Å². The van der Waals surface area contributed by atoms with E-state index in [1.165, 1.54) is 13.2 Å². The lowest BCUT2D eigenvalue weighted by Crippen LogP contribution is -2.46. The number of hydrogen-bond acceptors (Lipinski definition) is 7. The van der Waals surface area contributed by atoms with Gasteiger partial charge in [0.2, 0.25) is 5.91 Å². The van der Waals surface area contributed by atoms with Crippen LogP contribution in [0.15, 0.2) is 45.8 Å². The van der Waals surface area contributed by atoms with Gasteiger partial charge in [0.05, 0.1) is 29.7 Å². The smallest absolute Gasteiger partial charge is 0.294 e. The SMILES string of the molecule is COc1cc(/C=C2/SC(=O)N(CC(=O)N3CCOCC3)C2=O)cc(Br)c1OCc1ccccc1F. The predicted octanol–water partition coefficient (Wildman–Crippen LogP) is 4.07. The number of amides is 3. The molecule has 2 aromatic carbocycles. The highest BCUT2D eigenvalue weighted by Crippen LogP contribution is 2.39. The van der Waals surface area contributed by atoms with Crippen LogP contribution in [0, 0.1) is 5.82 Å². The number of carbonyl (C=O) groups excluding carboxylic acids is 3. The first-order valence-electron chi connectivity index (χ1n) is 10.7. The van der Waals surface area contributed by atoms with Crippen LogP contribution >= 0.6 is 27.7 Å². The first-order chi connectivity index (χ1) is 16.9. The highest BCUT2D eigenvalue weighted by Gasteiger charge is 2.37. The molecule has 8 nitrogen and oxygen atoms in total. The van der Waals surface area contributed by atoms with Gasteiger partial charge in [-0.25, -0.2) is 4.39 Å². The van der Waals surface area contributed by atoms with E-state index >= 15 is 0 Å². The van der Waals surface area contributed by atoms with Crippen LogP contribution in [-0.2, 0) is 20.9 Å². The van der Waals surface area contributed by atoms with E-state index in [1.807, 2.05) is 0 Å². The van der Waals surface area contributed by atoms with Gasteiger partial charge in [-0.2, -0.15) is 0 Å². The molecular weight excluding hydrogens is 543 g/mol. The minimum atomic E-state index is -0.531. The third-order valence-corrected chi connectivity index (χ3v) is 6.91. The zero-order valence-corrected chi connectivity index (χ0v) is 21.2. The molecule has 2 saturated heterocycles. The van der Waals surface area contributed by atoms with Crippen LogP contribution in [0.1, 0.15) is 11.1 Å². The topological polar surface area (TPSA) is 85.4 Å². The van der Waals surface area contributed by atoms with Gasteiger partial charge in [-0.1, -0.05) is 18.2 Å². The Morgan fingerprint density at radius 2 is 1.97 bits per heavy atom. The molecule has 184 valence electrons. The number of imide groups is 1. The molecular formula is C24H22BrFN2O6S. The largest absolute Gasteiger partial charge is 0.493 e. The summed E-state index contributed by atoms with van der Waals surface area (Å²) in [5.74, 6) is -0.461. The number of methoxy groups -OCH3 is 1. The average Bonchev–Trinajstić information content (AvgIpc) is 3.11. The molecule has 2 fully saturated rings. The van der Waals surface area contributed by atoms with Gasteiger partial charge in [0.25, 0.3) is 11.1 Å². The van der Waals surface area contributed by atoms with E-state index in [0.717, 1.165) is 16.7 Å². The van der Waals surface area contributed by atoms with Crippen LogP contribution in [-0.4, -0.2) is 66.8 Å². The van der Waals surface area contributed by atoms with Crippen molar-refractivity contribution in [3.05, 3.63) is 62.7 Å². The molecule has 0 aliphatic carbocycles. The Kier molecular flexibility index (Phi) is 8.09. The second-order valence-corrected chi connectivity index (χ2v) is 9.52. The molecule has 0 atom stereocenters. The van der Waals surface area contributed by atoms with Crippen molar-refractivity contribution in [2.45, 2.75) is 6.61 Å². The molecule has 4 rings (SSSR count). The van der Waals surface area contributed by atoms with E-state index in [0.29, 0.717) is 53.4 Å². The number of ether oxygens (including phenoxy) is 3. The fourth-order valence-electron chi connectivity index (χ4n) is 3.56. The third kappa shape index (κ3) is 5.85. The molecule has 0 unspecified atom stereocenters. The Morgan fingerprint density at radius 1 is 1.23 bits per heavy atom. The van der Waals surface area contributed by atoms with Gasteiger partial charge in [0.1, 0.15) is 19.0 Å². The van der Waals surface area contributed by atoms with Crippen molar-refractivity contribution < 1.29 is 33.0 Å². The van der Waals surface area contributed by atoms with E-state index < -0.39 is 11.1 Å². The number of rotatable bonds is 7. The van der Waals surface area contributed by atoms with Crippen molar-refractivity contribution in [1.82, 2.24) is 9.80 Å². The normalized spacial score (nSPS) is 17.3. The molecule has 35 heavy (non-hydrogen) atoms. The second-order valence-electron chi connectivity index (χ2n) is 7.68. The fourth-order valence-corrected chi connectivity index (χ4v) is 4.98. The number of morpholine rings is 1. The standard InChI is InChI=1S/C24H22BrFN2O6S/c1-32-19-11-15(10-17(25)22(19)34-14-16-4-2-3-5-18(16)26)12-20-23(30)28(24(31)35-20)13-21(29)27-6-8-33-9-7-27/h2-5,10-12H,6-9,13-14H2,1H3/b20-12+. The minimum absolute atomic E-state index is 0.00294. The molecule has 0 radical (unpaired) electrons. The molecule has 0 aromatic heterocycles. The Hall–Kier alpha value is -2.89. The van der Waals surface area contributed by atoms with Crippen molar-refractivity contribution in [2.75, 3.05) is 40.0 Å². The van der Waals surface area contributed by atoms with E-state index in [4.69, 9.17) is 14.2 Å². The number of nitrogens with zero attached hydrogens (tertiary/aromatic N) is 2. The molecule has 3 amide bonds. The molecule has 2 aromatic rings. The quantitative estimate of drug-likeness (QED) is 0.468. The van der Waals surface area contributed by atoms with Crippen molar-refractivity contribution in [3.63, 3.8) is 0 Å². The van der Waals surface area contributed by atoms with Crippen LogP contribution in [0.2, 0.25) is 0 Å². The summed E-state index contributed by atoms with van der Waals surface area (Å²) in [6.45, 7) is 1.43. The highest BCUT2D eigenvalue weighted by molar-refractivity contribution is 9.10. The Bertz CT molecular complexity index is 1180. The zero-order valence-electron chi connectivity index (χ0n) is 18.8. The molecule has 2 aliphatic heterocycles. The highest BCUT2D eigenvalue weighted by atomic mass is 79.9. The van der Waals surface area contributed by atoms with Crippen LogP contribution in [0.4, 0.5) is 9.18 Å². The summed E-state index contributed by atoms with van der Waals surface area (Å²) in [7, 11) is 1.46. The lowest BCUT2D eigenvalue weighted by molar-refractivity contribution is -0.139.